The Labute approximate surface area is 94.6 Å². The van der Waals surface area contributed by atoms with Gasteiger partial charge in [-0.3, -0.25) is 0 Å². The van der Waals surface area contributed by atoms with Crippen molar-refractivity contribution < 1.29 is 4.39 Å². The zero-order valence-corrected chi connectivity index (χ0v) is 9.15. The lowest BCUT2D eigenvalue weighted by Crippen LogP contribution is -2.15. The Kier molecular flexibility index (Phi) is 5.17. The first kappa shape index (κ1) is 12.0. The van der Waals surface area contributed by atoms with Gasteiger partial charge in [-0.05, 0) is 25.1 Å². The van der Waals surface area contributed by atoms with Gasteiger partial charge >= 0.3 is 0 Å². The van der Waals surface area contributed by atoms with Crippen LogP contribution in [0.25, 0.3) is 0 Å². The molecule has 0 saturated carbocycles. The van der Waals surface area contributed by atoms with E-state index in [2.05, 4.69) is 11.2 Å². The molecule has 0 aliphatic carbocycles. The number of rotatable bonds is 5. The molecule has 1 rings (SSSR count). The van der Waals surface area contributed by atoms with Crippen LogP contribution in [-0.4, -0.2) is 6.54 Å². The summed E-state index contributed by atoms with van der Waals surface area (Å²) >= 11 is 5.64. The van der Waals surface area contributed by atoms with Crippen LogP contribution < -0.4 is 5.32 Å². The van der Waals surface area contributed by atoms with E-state index >= 15 is 0 Å². The van der Waals surface area contributed by atoms with E-state index in [1.54, 1.807) is 12.1 Å². The van der Waals surface area contributed by atoms with E-state index in [4.69, 9.17) is 18.0 Å². The molecule has 15 heavy (non-hydrogen) atoms. The van der Waals surface area contributed by atoms with Crippen LogP contribution in [0.4, 0.5) is 4.39 Å². The van der Waals surface area contributed by atoms with Crippen LogP contribution in [0.2, 0.25) is 5.02 Å². The van der Waals surface area contributed by atoms with Crippen molar-refractivity contribution in [1.29, 1.82) is 0 Å². The van der Waals surface area contributed by atoms with Gasteiger partial charge in [0.2, 0.25) is 0 Å². The van der Waals surface area contributed by atoms with E-state index in [0.717, 1.165) is 19.4 Å². The highest BCUT2D eigenvalue weighted by Gasteiger charge is 2.01. The van der Waals surface area contributed by atoms with Gasteiger partial charge in [-0.2, -0.15) is 0 Å². The smallest absolute Gasteiger partial charge is 0.129 e. The van der Waals surface area contributed by atoms with Gasteiger partial charge in [-0.15, -0.1) is 12.3 Å². The van der Waals surface area contributed by atoms with Crippen molar-refractivity contribution in [2.45, 2.75) is 19.4 Å². The maximum atomic E-state index is 13.3. The molecule has 0 fully saturated rings. The third-order valence-electron chi connectivity index (χ3n) is 2.01. The van der Waals surface area contributed by atoms with Crippen LogP contribution in [0.3, 0.4) is 0 Å². The SMILES string of the molecule is C#CCCCNCc1ccc(Cl)cc1F. The Morgan fingerprint density at radius 2 is 2.27 bits per heavy atom. The van der Waals surface area contributed by atoms with Crippen LogP contribution in [0.15, 0.2) is 18.2 Å². The summed E-state index contributed by atoms with van der Waals surface area (Å²) in [7, 11) is 0. The largest absolute Gasteiger partial charge is 0.313 e. The molecule has 80 valence electrons. The minimum absolute atomic E-state index is 0.271. The van der Waals surface area contributed by atoms with E-state index in [1.807, 2.05) is 0 Å². The molecule has 0 aliphatic heterocycles. The predicted molar refractivity (Wildman–Crippen MR) is 61.2 cm³/mol. The fourth-order valence-electron chi connectivity index (χ4n) is 1.20. The predicted octanol–water partition coefficient (Wildman–Crippen LogP) is 2.98. The summed E-state index contributed by atoms with van der Waals surface area (Å²) in [5, 5.41) is 3.54. The number of hydrogen-bond acceptors (Lipinski definition) is 1. The first-order valence-electron chi connectivity index (χ1n) is 4.82. The van der Waals surface area contributed by atoms with Crippen molar-refractivity contribution >= 4 is 11.6 Å². The average Bonchev–Trinajstić information content (AvgIpc) is 2.20. The van der Waals surface area contributed by atoms with Gasteiger partial charge in [-0.1, -0.05) is 17.7 Å². The molecule has 3 heteroatoms. The van der Waals surface area contributed by atoms with Gasteiger partial charge < -0.3 is 5.32 Å². The Hall–Kier alpha value is -1.04. The molecule has 0 spiro atoms. The normalized spacial score (nSPS) is 9.93. The second-order valence-electron chi connectivity index (χ2n) is 3.22. The molecule has 1 N–H and O–H groups in total. The van der Waals surface area contributed by atoms with E-state index in [-0.39, 0.29) is 5.82 Å². The number of halogens is 2. The second kappa shape index (κ2) is 6.44. The van der Waals surface area contributed by atoms with E-state index < -0.39 is 0 Å². The zero-order chi connectivity index (χ0) is 11.1. The first-order chi connectivity index (χ1) is 7.24. The molecule has 0 saturated heterocycles. The summed E-state index contributed by atoms with van der Waals surface area (Å²) in [5.41, 5.74) is 0.625. The van der Waals surface area contributed by atoms with Crippen LogP contribution in [0.5, 0.6) is 0 Å². The molecule has 1 aromatic rings. The molecule has 0 aliphatic rings. The van der Waals surface area contributed by atoms with Crippen molar-refractivity contribution in [3.63, 3.8) is 0 Å². The molecular formula is C12H13ClFN. The molecule has 1 aromatic carbocycles. The van der Waals surface area contributed by atoms with Gasteiger partial charge in [0.05, 0.1) is 0 Å². The summed E-state index contributed by atoms with van der Waals surface area (Å²) in [4.78, 5) is 0. The third-order valence-corrected chi connectivity index (χ3v) is 2.24. The molecule has 1 nitrogen and oxygen atoms in total. The van der Waals surface area contributed by atoms with Gasteiger partial charge in [0, 0.05) is 23.6 Å². The van der Waals surface area contributed by atoms with E-state index in [9.17, 15) is 4.39 Å². The quantitative estimate of drug-likeness (QED) is 0.600. The second-order valence-corrected chi connectivity index (χ2v) is 3.66. The summed E-state index contributed by atoms with van der Waals surface area (Å²) in [6, 6.07) is 4.69. The van der Waals surface area contributed by atoms with E-state index in [0.29, 0.717) is 17.1 Å². The minimum Gasteiger partial charge on any atom is -0.313 e. The number of terminal acetylenes is 1. The summed E-state index contributed by atoms with van der Waals surface area (Å²) in [6.07, 6.45) is 6.76. The van der Waals surface area contributed by atoms with Crippen molar-refractivity contribution in [2.24, 2.45) is 0 Å². The summed E-state index contributed by atoms with van der Waals surface area (Å²) in [5.74, 6) is 2.28. The molecule has 0 unspecified atom stereocenters. The molecule has 0 amide bonds. The van der Waals surface area contributed by atoms with Crippen molar-refractivity contribution in [3.8, 4) is 12.3 Å². The van der Waals surface area contributed by atoms with Gasteiger partial charge in [0.25, 0.3) is 0 Å². The monoisotopic (exact) mass is 225 g/mol. The lowest BCUT2D eigenvalue weighted by Gasteiger charge is -2.05. The standard InChI is InChI=1S/C12H13ClFN/c1-2-3-4-7-15-9-10-5-6-11(13)8-12(10)14/h1,5-6,8,15H,3-4,7,9H2. The van der Waals surface area contributed by atoms with Crippen molar-refractivity contribution in [2.75, 3.05) is 6.54 Å². The topological polar surface area (TPSA) is 12.0 Å². The molecule has 0 heterocycles. The summed E-state index contributed by atoms with van der Waals surface area (Å²) in [6.45, 7) is 1.31. The van der Waals surface area contributed by atoms with Crippen molar-refractivity contribution in [3.05, 3.63) is 34.6 Å². The highest BCUT2D eigenvalue weighted by Crippen LogP contribution is 2.14. The highest BCUT2D eigenvalue weighted by atomic mass is 35.5. The Morgan fingerprint density at radius 1 is 1.47 bits per heavy atom. The van der Waals surface area contributed by atoms with Crippen LogP contribution in [-0.2, 0) is 6.54 Å². The fourth-order valence-corrected chi connectivity index (χ4v) is 1.36. The molecular weight excluding hydrogens is 213 g/mol. The molecule has 0 aromatic heterocycles. The Morgan fingerprint density at radius 3 is 2.93 bits per heavy atom. The van der Waals surface area contributed by atoms with Gasteiger partial charge in [-0.25, -0.2) is 4.39 Å². The zero-order valence-electron chi connectivity index (χ0n) is 8.39. The molecule has 0 radical (unpaired) electrons. The minimum atomic E-state index is -0.271. The number of benzene rings is 1. The average molecular weight is 226 g/mol. The van der Waals surface area contributed by atoms with Crippen LogP contribution in [0.1, 0.15) is 18.4 Å². The van der Waals surface area contributed by atoms with Gasteiger partial charge in [0.1, 0.15) is 5.82 Å². The maximum absolute atomic E-state index is 13.3. The van der Waals surface area contributed by atoms with Gasteiger partial charge in [0.15, 0.2) is 0 Å². The van der Waals surface area contributed by atoms with Crippen LogP contribution >= 0.6 is 11.6 Å². The maximum Gasteiger partial charge on any atom is 0.129 e. The number of hydrogen-bond donors (Lipinski definition) is 1. The molecule has 0 bridgehead atoms. The number of unbranched alkanes of at least 4 members (excludes halogenated alkanes) is 1. The first-order valence-corrected chi connectivity index (χ1v) is 5.20. The van der Waals surface area contributed by atoms with Crippen molar-refractivity contribution in [1.82, 2.24) is 5.32 Å². The Bertz CT molecular complexity index is 357. The third kappa shape index (κ3) is 4.33. The lowest BCUT2D eigenvalue weighted by atomic mass is 10.2. The fraction of sp³-hybridized carbons (Fsp3) is 0.333. The summed E-state index contributed by atoms with van der Waals surface area (Å²) < 4.78 is 13.3. The molecule has 0 atom stereocenters. The number of nitrogens with one attached hydrogen (secondary N) is 1. The van der Waals surface area contributed by atoms with Crippen LogP contribution in [0, 0.1) is 18.2 Å². The highest BCUT2D eigenvalue weighted by molar-refractivity contribution is 6.30. The van der Waals surface area contributed by atoms with E-state index in [1.165, 1.54) is 6.07 Å². The lowest BCUT2D eigenvalue weighted by molar-refractivity contribution is 0.584. The Balaban J connectivity index is 2.35.